The number of aryl methyl sites for hydroxylation is 1. The predicted molar refractivity (Wildman–Crippen MR) is 54.9 cm³/mol. The normalized spacial score (nSPS) is 12.4. The molecule has 0 bridgehead atoms. The van der Waals surface area contributed by atoms with E-state index in [1.165, 1.54) is 0 Å². The number of aliphatic hydroxyl groups excluding tert-OH is 1. The molecule has 0 heterocycles. The van der Waals surface area contributed by atoms with Crippen LogP contribution >= 0.6 is 0 Å². The molecule has 1 rings (SSSR count). The zero-order chi connectivity index (χ0) is 10.7. The van der Waals surface area contributed by atoms with E-state index in [0.717, 1.165) is 5.56 Å². The maximum atomic E-state index is 9.61. The van der Waals surface area contributed by atoms with Gasteiger partial charge in [-0.3, -0.25) is 0 Å². The van der Waals surface area contributed by atoms with Crippen LogP contribution in [0.4, 0.5) is 0 Å². The van der Waals surface area contributed by atoms with Crippen molar-refractivity contribution in [1.82, 2.24) is 0 Å². The first kappa shape index (κ1) is 10.9. The Morgan fingerprint density at radius 3 is 2.29 bits per heavy atom. The summed E-state index contributed by atoms with van der Waals surface area (Å²) in [5, 5.41) is 9.61. The molecule has 0 aliphatic carbocycles. The maximum absolute atomic E-state index is 9.61. The molecule has 1 aromatic rings. The van der Waals surface area contributed by atoms with Crippen molar-refractivity contribution in [2.45, 2.75) is 20.0 Å². The Labute approximate surface area is 84.3 Å². The summed E-state index contributed by atoms with van der Waals surface area (Å²) in [7, 11) is 3.17. The molecule has 0 spiro atoms. The van der Waals surface area contributed by atoms with Crippen molar-refractivity contribution in [2.24, 2.45) is 0 Å². The summed E-state index contributed by atoms with van der Waals surface area (Å²) in [4.78, 5) is 0. The van der Waals surface area contributed by atoms with E-state index in [1.807, 2.05) is 19.1 Å². The summed E-state index contributed by atoms with van der Waals surface area (Å²) in [6, 6.07) is 3.74. The van der Waals surface area contributed by atoms with E-state index in [9.17, 15) is 5.11 Å². The van der Waals surface area contributed by atoms with E-state index in [0.29, 0.717) is 17.1 Å². The SMILES string of the molecule is COc1ccc(C)c(OC)c1C(C)O. The van der Waals surface area contributed by atoms with Crippen molar-refractivity contribution in [1.29, 1.82) is 0 Å². The van der Waals surface area contributed by atoms with Gasteiger partial charge < -0.3 is 14.6 Å². The molecule has 14 heavy (non-hydrogen) atoms. The largest absolute Gasteiger partial charge is 0.496 e. The van der Waals surface area contributed by atoms with Crippen molar-refractivity contribution in [3.8, 4) is 11.5 Å². The van der Waals surface area contributed by atoms with Gasteiger partial charge in [0.1, 0.15) is 11.5 Å². The average Bonchev–Trinajstić information content (AvgIpc) is 2.17. The summed E-state index contributed by atoms with van der Waals surface area (Å²) in [5.74, 6) is 1.35. The number of rotatable bonds is 3. The van der Waals surface area contributed by atoms with Crippen LogP contribution < -0.4 is 9.47 Å². The first-order chi connectivity index (χ1) is 6.61. The standard InChI is InChI=1S/C11H16O3/c1-7-5-6-9(13-3)10(8(2)12)11(7)14-4/h5-6,8,12H,1-4H3. The second-order valence-corrected chi connectivity index (χ2v) is 3.21. The third kappa shape index (κ3) is 1.82. The third-order valence-corrected chi connectivity index (χ3v) is 2.19. The topological polar surface area (TPSA) is 38.7 Å². The molecule has 3 nitrogen and oxygen atoms in total. The van der Waals surface area contributed by atoms with Crippen LogP contribution in [0.3, 0.4) is 0 Å². The number of hydrogen-bond acceptors (Lipinski definition) is 3. The molecule has 1 aromatic carbocycles. The Morgan fingerprint density at radius 1 is 1.21 bits per heavy atom. The lowest BCUT2D eigenvalue weighted by Gasteiger charge is -2.16. The van der Waals surface area contributed by atoms with Crippen LogP contribution in [0.2, 0.25) is 0 Å². The molecule has 0 saturated heterocycles. The minimum atomic E-state index is -0.597. The van der Waals surface area contributed by atoms with E-state index in [4.69, 9.17) is 9.47 Å². The van der Waals surface area contributed by atoms with Crippen LogP contribution in [0.5, 0.6) is 11.5 Å². The highest BCUT2D eigenvalue weighted by atomic mass is 16.5. The molecule has 0 fully saturated rings. The summed E-state index contributed by atoms with van der Waals surface area (Å²) in [6.07, 6.45) is -0.597. The van der Waals surface area contributed by atoms with Crippen molar-refractivity contribution in [2.75, 3.05) is 14.2 Å². The highest BCUT2D eigenvalue weighted by Crippen LogP contribution is 2.36. The molecule has 78 valence electrons. The Morgan fingerprint density at radius 2 is 1.86 bits per heavy atom. The number of hydrogen-bond donors (Lipinski definition) is 1. The summed E-state index contributed by atoms with van der Waals surface area (Å²) < 4.78 is 10.4. The molecule has 0 aromatic heterocycles. The van der Waals surface area contributed by atoms with Crippen LogP contribution in [0, 0.1) is 6.92 Å². The van der Waals surface area contributed by atoms with Crippen LogP contribution in [-0.4, -0.2) is 19.3 Å². The average molecular weight is 196 g/mol. The van der Waals surface area contributed by atoms with Gasteiger partial charge in [0.05, 0.1) is 25.9 Å². The highest BCUT2D eigenvalue weighted by Gasteiger charge is 2.16. The fourth-order valence-corrected chi connectivity index (χ4v) is 1.54. The van der Waals surface area contributed by atoms with Crippen LogP contribution in [0.15, 0.2) is 12.1 Å². The summed E-state index contributed by atoms with van der Waals surface area (Å²) in [6.45, 7) is 3.63. The molecule has 1 N–H and O–H groups in total. The van der Waals surface area contributed by atoms with Crippen LogP contribution in [-0.2, 0) is 0 Å². The van der Waals surface area contributed by atoms with E-state index in [-0.39, 0.29) is 0 Å². The van der Waals surface area contributed by atoms with Crippen molar-refractivity contribution < 1.29 is 14.6 Å². The van der Waals surface area contributed by atoms with Crippen molar-refractivity contribution >= 4 is 0 Å². The Balaban J connectivity index is 3.36. The van der Waals surface area contributed by atoms with Gasteiger partial charge in [0.15, 0.2) is 0 Å². The second kappa shape index (κ2) is 4.33. The number of methoxy groups -OCH3 is 2. The van der Waals surface area contributed by atoms with Gasteiger partial charge >= 0.3 is 0 Å². The van der Waals surface area contributed by atoms with Gasteiger partial charge in [0.25, 0.3) is 0 Å². The van der Waals surface area contributed by atoms with E-state index in [2.05, 4.69) is 0 Å². The van der Waals surface area contributed by atoms with Crippen LogP contribution in [0.25, 0.3) is 0 Å². The van der Waals surface area contributed by atoms with Crippen molar-refractivity contribution in [3.63, 3.8) is 0 Å². The highest BCUT2D eigenvalue weighted by molar-refractivity contribution is 5.50. The minimum Gasteiger partial charge on any atom is -0.496 e. The van der Waals surface area contributed by atoms with Gasteiger partial charge in [0.2, 0.25) is 0 Å². The Bertz CT molecular complexity index is 319. The smallest absolute Gasteiger partial charge is 0.131 e. The van der Waals surface area contributed by atoms with Gasteiger partial charge in [0, 0.05) is 0 Å². The fraction of sp³-hybridized carbons (Fsp3) is 0.455. The Kier molecular flexibility index (Phi) is 3.36. The fourth-order valence-electron chi connectivity index (χ4n) is 1.54. The summed E-state index contributed by atoms with van der Waals surface area (Å²) in [5.41, 5.74) is 1.69. The van der Waals surface area contributed by atoms with Gasteiger partial charge in [-0.15, -0.1) is 0 Å². The quantitative estimate of drug-likeness (QED) is 0.804. The second-order valence-electron chi connectivity index (χ2n) is 3.21. The van der Waals surface area contributed by atoms with E-state index >= 15 is 0 Å². The van der Waals surface area contributed by atoms with E-state index in [1.54, 1.807) is 21.1 Å². The first-order valence-electron chi connectivity index (χ1n) is 4.51. The van der Waals surface area contributed by atoms with Crippen molar-refractivity contribution in [3.05, 3.63) is 23.3 Å². The summed E-state index contributed by atoms with van der Waals surface area (Å²) >= 11 is 0. The first-order valence-corrected chi connectivity index (χ1v) is 4.51. The van der Waals surface area contributed by atoms with E-state index < -0.39 is 6.10 Å². The molecule has 3 heteroatoms. The van der Waals surface area contributed by atoms with Gasteiger partial charge in [-0.1, -0.05) is 6.07 Å². The van der Waals surface area contributed by atoms with Gasteiger partial charge in [-0.05, 0) is 25.5 Å². The molecular formula is C11H16O3. The number of ether oxygens (including phenoxy) is 2. The molecule has 0 radical (unpaired) electrons. The minimum absolute atomic E-state index is 0.597. The number of benzene rings is 1. The molecule has 0 amide bonds. The molecular weight excluding hydrogens is 180 g/mol. The molecule has 1 atom stereocenters. The lowest BCUT2D eigenvalue weighted by atomic mass is 10.0. The number of aliphatic hydroxyl groups is 1. The van der Waals surface area contributed by atoms with Crippen LogP contribution in [0.1, 0.15) is 24.2 Å². The molecule has 0 aliphatic rings. The molecule has 0 aliphatic heterocycles. The van der Waals surface area contributed by atoms with Gasteiger partial charge in [-0.25, -0.2) is 0 Å². The zero-order valence-electron chi connectivity index (χ0n) is 9.00. The lowest BCUT2D eigenvalue weighted by Crippen LogP contribution is -2.01. The predicted octanol–water partition coefficient (Wildman–Crippen LogP) is 2.07. The maximum Gasteiger partial charge on any atom is 0.131 e. The molecule has 0 saturated carbocycles. The monoisotopic (exact) mass is 196 g/mol. The lowest BCUT2D eigenvalue weighted by molar-refractivity contribution is 0.189. The van der Waals surface area contributed by atoms with Gasteiger partial charge in [-0.2, -0.15) is 0 Å². The Hall–Kier alpha value is -1.22. The zero-order valence-corrected chi connectivity index (χ0v) is 9.00. The third-order valence-electron chi connectivity index (χ3n) is 2.19. The molecule has 1 unspecified atom stereocenters.